The van der Waals surface area contributed by atoms with E-state index in [0.717, 1.165) is 13.1 Å². The Labute approximate surface area is 107 Å². The minimum absolute atomic E-state index is 0. The van der Waals surface area contributed by atoms with Crippen molar-refractivity contribution in [2.45, 2.75) is 20.8 Å². The topological polar surface area (TPSA) is 23.6 Å². The molecule has 0 aromatic rings. The molecule has 0 unspecified atom stereocenters. The van der Waals surface area contributed by atoms with Crippen molar-refractivity contribution in [1.82, 2.24) is 9.80 Å². The van der Waals surface area contributed by atoms with E-state index in [2.05, 4.69) is 9.80 Å². The van der Waals surface area contributed by atoms with Crippen molar-refractivity contribution in [3.63, 3.8) is 0 Å². The number of halogens is 1. The maximum absolute atomic E-state index is 12.2. The maximum atomic E-state index is 12.2. The van der Waals surface area contributed by atoms with Crippen LogP contribution in [0.25, 0.3) is 0 Å². The van der Waals surface area contributed by atoms with Gasteiger partial charge in [-0.15, -0.1) is 12.4 Å². The highest BCUT2D eigenvalue weighted by atomic mass is 35.5. The molecular formula is C12H27ClN2O. The summed E-state index contributed by atoms with van der Waals surface area (Å²) in [5.74, 6) is 0.458. The molecular weight excluding hydrogens is 224 g/mol. The first kappa shape index (κ1) is 18.3. The molecule has 0 aromatic heterocycles. The molecule has 0 atom stereocenters. The van der Waals surface area contributed by atoms with E-state index in [1.807, 2.05) is 49.0 Å². The van der Waals surface area contributed by atoms with Crippen LogP contribution in [-0.4, -0.2) is 56.9 Å². The summed E-state index contributed by atoms with van der Waals surface area (Å²) in [6.45, 7) is 7.64. The Morgan fingerprint density at radius 1 is 1.00 bits per heavy atom. The van der Waals surface area contributed by atoms with E-state index in [9.17, 15) is 4.79 Å². The molecule has 4 heteroatoms. The number of carbonyl (C=O) groups excluding carboxylic acids is 1. The van der Waals surface area contributed by atoms with Gasteiger partial charge in [0.05, 0.1) is 0 Å². The van der Waals surface area contributed by atoms with Crippen molar-refractivity contribution < 1.29 is 4.79 Å². The van der Waals surface area contributed by atoms with Crippen LogP contribution in [0, 0.1) is 11.3 Å². The third-order valence-corrected chi connectivity index (χ3v) is 2.28. The highest BCUT2D eigenvalue weighted by Crippen LogP contribution is 2.21. The molecule has 0 rings (SSSR count). The summed E-state index contributed by atoms with van der Waals surface area (Å²) >= 11 is 0. The Bertz CT molecular complexity index is 200. The molecule has 16 heavy (non-hydrogen) atoms. The molecule has 0 fully saturated rings. The van der Waals surface area contributed by atoms with Crippen LogP contribution < -0.4 is 0 Å². The first-order valence-electron chi connectivity index (χ1n) is 5.48. The molecule has 0 aliphatic carbocycles. The molecule has 0 saturated heterocycles. The van der Waals surface area contributed by atoms with Crippen LogP contribution in [0.4, 0.5) is 0 Å². The van der Waals surface area contributed by atoms with Gasteiger partial charge in [0.1, 0.15) is 5.78 Å². The van der Waals surface area contributed by atoms with Crippen LogP contribution in [0.1, 0.15) is 20.8 Å². The van der Waals surface area contributed by atoms with Crippen molar-refractivity contribution >= 4 is 18.2 Å². The molecule has 0 bridgehead atoms. The smallest absolute Gasteiger partial charge is 0.143 e. The molecule has 0 spiro atoms. The first-order chi connectivity index (χ1) is 6.64. The van der Waals surface area contributed by atoms with E-state index in [1.165, 1.54) is 0 Å². The fourth-order valence-electron chi connectivity index (χ4n) is 1.72. The minimum Gasteiger partial charge on any atom is -0.309 e. The molecule has 3 nitrogen and oxygen atoms in total. The lowest BCUT2D eigenvalue weighted by atomic mass is 9.82. The van der Waals surface area contributed by atoms with E-state index in [4.69, 9.17) is 0 Å². The lowest BCUT2D eigenvalue weighted by Crippen LogP contribution is -2.40. The Balaban J connectivity index is 0. The first-order valence-corrected chi connectivity index (χ1v) is 5.48. The average Bonchev–Trinajstić information content (AvgIpc) is 1.98. The number of hydrogen-bond donors (Lipinski definition) is 0. The van der Waals surface area contributed by atoms with Gasteiger partial charge in [0, 0.05) is 24.4 Å². The van der Waals surface area contributed by atoms with E-state index in [1.54, 1.807) is 0 Å². The number of ketones is 1. The fraction of sp³-hybridized carbons (Fsp3) is 0.917. The zero-order valence-corrected chi connectivity index (χ0v) is 12.5. The summed E-state index contributed by atoms with van der Waals surface area (Å²) in [4.78, 5) is 16.3. The molecule has 0 radical (unpaired) electrons. The van der Waals surface area contributed by atoms with E-state index < -0.39 is 0 Å². The Kier molecular flexibility index (Phi) is 8.27. The number of carbonyl (C=O) groups is 1. The summed E-state index contributed by atoms with van der Waals surface area (Å²) in [5, 5.41) is 0. The summed E-state index contributed by atoms with van der Waals surface area (Å²) in [6.07, 6.45) is 0. The molecule has 0 amide bonds. The van der Waals surface area contributed by atoms with Crippen LogP contribution in [-0.2, 0) is 4.79 Å². The van der Waals surface area contributed by atoms with Crippen LogP contribution >= 0.6 is 12.4 Å². The predicted octanol–water partition coefficient (Wildman–Crippen LogP) is 1.76. The normalized spacial score (nSPS) is 12.1. The van der Waals surface area contributed by atoms with Crippen molar-refractivity contribution in [3.05, 3.63) is 0 Å². The van der Waals surface area contributed by atoms with Gasteiger partial charge < -0.3 is 9.80 Å². The van der Waals surface area contributed by atoms with Crippen molar-refractivity contribution in [1.29, 1.82) is 0 Å². The fourth-order valence-corrected chi connectivity index (χ4v) is 1.72. The van der Waals surface area contributed by atoms with Gasteiger partial charge >= 0.3 is 0 Å². The number of Topliss-reactive ketones (excluding diaryl/α,β-unsaturated/α-hetero) is 1. The summed E-state index contributed by atoms with van der Waals surface area (Å²) in [6, 6.07) is 0. The highest BCUT2D eigenvalue weighted by Gasteiger charge is 2.30. The second-order valence-electron chi connectivity index (χ2n) is 5.84. The standard InChI is InChI=1S/C12H26N2O.ClH/c1-12(2,3)11(15)10(8-13(4)5)9-14(6)7;/h10H,8-9H2,1-7H3;1H. The Hall–Kier alpha value is -0.120. The second-order valence-corrected chi connectivity index (χ2v) is 5.84. The Morgan fingerprint density at radius 3 is 1.50 bits per heavy atom. The van der Waals surface area contributed by atoms with E-state index in [0.29, 0.717) is 5.78 Å². The van der Waals surface area contributed by atoms with Crippen LogP contribution in [0.15, 0.2) is 0 Å². The van der Waals surface area contributed by atoms with Gasteiger partial charge in [-0.25, -0.2) is 0 Å². The van der Waals surface area contributed by atoms with E-state index in [-0.39, 0.29) is 23.7 Å². The molecule has 0 N–H and O–H groups in total. The van der Waals surface area contributed by atoms with Gasteiger partial charge in [-0.05, 0) is 28.2 Å². The van der Waals surface area contributed by atoms with Gasteiger partial charge in [0.25, 0.3) is 0 Å². The molecule has 0 aliphatic heterocycles. The molecule has 0 aliphatic rings. The number of rotatable bonds is 5. The third kappa shape index (κ3) is 7.20. The minimum atomic E-state index is -0.239. The summed E-state index contributed by atoms with van der Waals surface area (Å²) < 4.78 is 0. The average molecular weight is 251 g/mol. The lowest BCUT2D eigenvalue weighted by molar-refractivity contribution is -0.131. The summed E-state index contributed by atoms with van der Waals surface area (Å²) in [5.41, 5.74) is -0.239. The van der Waals surface area contributed by atoms with Gasteiger partial charge in [0.15, 0.2) is 0 Å². The van der Waals surface area contributed by atoms with Crippen molar-refractivity contribution in [2.75, 3.05) is 41.3 Å². The van der Waals surface area contributed by atoms with Crippen LogP contribution in [0.3, 0.4) is 0 Å². The molecule has 0 heterocycles. The second kappa shape index (κ2) is 7.25. The van der Waals surface area contributed by atoms with Crippen LogP contribution in [0.2, 0.25) is 0 Å². The van der Waals surface area contributed by atoms with Gasteiger partial charge in [-0.3, -0.25) is 4.79 Å². The van der Waals surface area contributed by atoms with Gasteiger partial charge in [-0.2, -0.15) is 0 Å². The largest absolute Gasteiger partial charge is 0.309 e. The molecule has 98 valence electrons. The van der Waals surface area contributed by atoms with Crippen LogP contribution in [0.5, 0.6) is 0 Å². The SMILES string of the molecule is CN(C)CC(CN(C)C)C(=O)C(C)(C)C.Cl. The molecule has 0 aromatic carbocycles. The zero-order chi connectivity index (χ0) is 12.2. The summed E-state index contributed by atoms with van der Waals surface area (Å²) in [7, 11) is 8.05. The monoisotopic (exact) mass is 250 g/mol. The number of nitrogens with zero attached hydrogens (tertiary/aromatic N) is 2. The molecule has 0 saturated carbocycles. The van der Waals surface area contributed by atoms with E-state index >= 15 is 0 Å². The number of hydrogen-bond acceptors (Lipinski definition) is 3. The van der Waals surface area contributed by atoms with Crippen molar-refractivity contribution in [2.24, 2.45) is 11.3 Å². The van der Waals surface area contributed by atoms with Gasteiger partial charge in [-0.1, -0.05) is 20.8 Å². The van der Waals surface area contributed by atoms with Crippen molar-refractivity contribution in [3.8, 4) is 0 Å². The lowest BCUT2D eigenvalue weighted by Gasteiger charge is -2.28. The highest BCUT2D eigenvalue weighted by molar-refractivity contribution is 5.86. The zero-order valence-electron chi connectivity index (χ0n) is 11.7. The van der Waals surface area contributed by atoms with Gasteiger partial charge in [0.2, 0.25) is 0 Å². The predicted molar refractivity (Wildman–Crippen MR) is 72.3 cm³/mol. The third-order valence-electron chi connectivity index (χ3n) is 2.28. The quantitative estimate of drug-likeness (QED) is 0.743. The maximum Gasteiger partial charge on any atom is 0.143 e. The Morgan fingerprint density at radius 2 is 1.31 bits per heavy atom.